The predicted molar refractivity (Wildman–Crippen MR) is 98.3 cm³/mol. The van der Waals surface area contributed by atoms with E-state index in [2.05, 4.69) is 15.9 Å². The van der Waals surface area contributed by atoms with E-state index in [0.29, 0.717) is 17.2 Å². The largest absolute Gasteiger partial charge is 0.482 e. The van der Waals surface area contributed by atoms with Gasteiger partial charge in [0.1, 0.15) is 11.5 Å². The lowest BCUT2D eigenvalue weighted by Gasteiger charge is -2.16. The Morgan fingerprint density at radius 1 is 1.20 bits per heavy atom. The molecule has 1 fully saturated rings. The van der Waals surface area contributed by atoms with Crippen LogP contribution in [0, 0.1) is 0 Å². The summed E-state index contributed by atoms with van der Waals surface area (Å²) >= 11 is 9.29. The van der Waals surface area contributed by atoms with E-state index in [0.717, 1.165) is 23.1 Å². The molecule has 0 bridgehead atoms. The van der Waals surface area contributed by atoms with E-state index in [1.807, 2.05) is 0 Å². The van der Waals surface area contributed by atoms with Crippen molar-refractivity contribution >= 4 is 45.1 Å². The number of rotatable bonds is 5. The van der Waals surface area contributed by atoms with E-state index in [9.17, 15) is 9.59 Å². The molecule has 0 atom stereocenters. The Morgan fingerprint density at radius 2 is 1.96 bits per heavy atom. The zero-order valence-corrected chi connectivity index (χ0v) is 15.5. The fourth-order valence-corrected chi connectivity index (χ4v) is 3.21. The normalized spacial score (nSPS) is 13.8. The molecular weight excluding hydrogens is 410 g/mol. The third-order valence-electron chi connectivity index (χ3n) is 3.70. The maximum absolute atomic E-state index is 11.9. The van der Waals surface area contributed by atoms with Crippen LogP contribution in [0.5, 0.6) is 11.5 Å². The van der Waals surface area contributed by atoms with E-state index in [1.54, 1.807) is 47.4 Å². The first-order chi connectivity index (χ1) is 12.0. The molecule has 7 heteroatoms. The highest BCUT2D eigenvalue weighted by Gasteiger charge is 2.21. The van der Waals surface area contributed by atoms with Crippen LogP contribution in [0.4, 0.5) is 5.69 Å². The number of carbonyl (C=O) groups is 2. The molecule has 1 amide bonds. The van der Waals surface area contributed by atoms with E-state index in [-0.39, 0.29) is 18.3 Å². The standard InChI is InChI=1S/C18H15BrClNO4/c19-12-3-8-16(15(20)10-12)25-18(23)11-24-14-6-4-13(5-7-14)21-9-1-2-17(21)22/h3-8,10H,1-2,9,11H2. The summed E-state index contributed by atoms with van der Waals surface area (Å²) in [5, 5.41) is 0.336. The van der Waals surface area contributed by atoms with Gasteiger partial charge in [-0.15, -0.1) is 0 Å². The summed E-state index contributed by atoms with van der Waals surface area (Å²) in [6.45, 7) is 0.494. The monoisotopic (exact) mass is 423 g/mol. The van der Waals surface area contributed by atoms with Gasteiger partial charge in [-0.05, 0) is 48.9 Å². The number of anilines is 1. The Bertz CT molecular complexity index is 794. The zero-order valence-electron chi connectivity index (χ0n) is 13.2. The molecule has 2 aromatic rings. The topological polar surface area (TPSA) is 55.8 Å². The fourth-order valence-electron chi connectivity index (χ4n) is 2.50. The Morgan fingerprint density at radius 3 is 2.60 bits per heavy atom. The van der Waals surface area contributed by atoms with Crippen molar-refractivity contribution in [2.24, 2.45) is 0 Å². The average molecular weight is 425 g/mol. The molecule has 0 aliphatic carbocycles. The van der Waals surface area contributed by atoms with Crippen LogP contribution in [-0.4, -0.2) is 25.0 Å². The van der Waals surface area contributed by atoms with Crippen molar-refractivity contribution in [1.82, 2.24) is 0 Å². The van der Waals surface area contributed by atoms with Gasteiger partial charge < -0.3 is 14.4 Å². The van der Waals surface area contributed by atoms with Crippen LogP contribution in [0.25, 0.3) is 0 Å². The summed E-state index contributed by atoms with van der Waals surface area (Å²) in [7, 11) is 0. The van der Waals surface area contributed by atoms with E-state index in [4.69, 9.17) is 21.1 Å². The maximum Gasteiger partial charge on any atom is 0.349 e. The van der Waals surface area contributed by atoms with Crippen LogP contribution in [0.3, 0.4) is 0 Å². The number of nitrogens with zero attached hydrogens (tertiary/aromatic N) is 1. The highest BCUT2D eigenvalue weighted by molar-refractivity contribution is 9.10. The first kappa shape index (κ1) is 17.8. The van der Waals surface area contributed by atoms with Gasteiger partial charge in [0.2, 0.25) is 5.91 Å². The molecular formula is C18H15BrClNO4. The van der Waals surface area contributed by atoms with Crippen LogP contribution in [0.15, 0.2) is 46.9 Å². The van der Waals surface area contributed by atoms with Gasteiger partial charge in [-0.3, -0.25) is 4.79 Å². The number of ether oxygens (including phenoxy) is 2. The number of amides is 1. The van der Waals surface area contributed by atoms with Crippen molar-refractivity contribution in [1.29, 1.82) is 0 Å². The summed E-state index contributed by atoms with van der Waals surface area (Å²) in [6, 6.07) is 12.0. The lowest BCUT2D eigenvalue weighted by Crippen LogP contribution is -2.23. The van der Waals surface area contributed by atoms with E-state index >= 15 is 0 Å². The Labute approximate surface area is 158 Å². The second kappa shape index (κ2) is 7.89. The minimum absolute atomic E-state index is 0.128. The van der Waals surface area contributed by atoms with Crippen LogP contribution < -0.4 is 14.4 Å². The van der Waals surface area contributed by atoms with Crippen molar-refractivity contribution in [2.45, 2.75) is 12.8 Å². The minimum Gasteiger partial charge on any atom is -0.482 e. The highest BCUT2D eigenvalue weighted by atomic mass is 79.9. The lowest BCUT2D eigenvalue weighted by atomic mass is 10.3. The highest BCUT2D eigenvalue weighted by Crippen LogP contribution is 2.28. The number of esters is 1. The molecule has 0 N–H and O–H groups in total. The third-order valence-corrected chi connectivity index (χ3v) is 4.48. The number of hydrogen-bond donors (Lipinski definition) is 0. The Balaban J connectivity index is 1.54. The summed E-state index contributed by atoms with van der Waals surface area (Å²) in [4.78, 5) is 25.3. The number of benzene rings is 2. The molecule has 130 valence electrons. The quantitative estimate of drug-likeness (QED) is 0.533. The molecule has 25 heavy (non-hydrogen) atoms. The average Bonchev–Trinajstić information content (AvgIpc) is 3.02. The molecule has 0 aromatic heterocycles. The van der Waals surface area contributed by atoms with Crippen molar-refractivity contribution in [3.63, 3.8) is 0 Å². The van der Waals surface area contributed by atoms with Gasteiger partial charge >= 0.3 is 5.97 Å². The van der Waals surface area contributed by atoms with Gasteiger partial charge in [0.05, 0.1) is 5.02 Å². The summed E-state index contributed by atoms with van der Waals surface area (Å²) in [6.07, 6.45) is 1.46. The van der Waals surface area contributed by atoms with Crippen molar-refractivity contribution < 1.29 is 19.1 Å². The summed E-state index contributed by atoms with van der Waals surface area (Å²) in [5.41, 5.74) is 0.832. The van der Waals surface area contributed by atoms with Gasteiger partial charge in [0, 0.05) is 23.1 Å². The SMILES string of the molecule is O=C(COc1ccc(N2CCCC2=O)cc1)Oc1ccc(Br)cc1Cl. The van der Waals surface area contributed by atoms with Crippen LogP contribution >= 0.6 is 27.5 Å². The van der Waals surface area contributed by atoms with Crippen molar-refractivity contribution in [2.75, 3.05) is 18.1 Å². The Hall–Kier alpha value is -2.05. The first-order valence-electron chi connectivity index (χ1n) is 7.72. The second-order valence-electron chi connectivity index (χ2n) is 5.48. The molecule has 2 aromatic carbocycles. The van der Waals surface area contributed by atoms with Crippen LogP contribution in [0.2, 0.25) is 5.02 Å². The Kier molecular flexibility index (Phi) is 5.60. The van der Waals surface area contributed by atoms with Crippen LogP contribution in [-0.2, 0) is 9.59 Å². The van der Waals surface area contributed by atoms with Gasteiger partial charge in [-0.2, -0.15) is 0 Å². The molecule has 1 saturated heterocycles. The van der Waals surface area contributed by atoms with E-state index in [1.165, 1.54) is 0 Å². The molecule has 0 unspecified atom stereocenters. The van der Waals surface area contributed by atoms with E-state index < -0.39 is 5.97 Å². The molecule has 5 nitrogen and oxygen atoms in total. The number of halogens is 2. The lowest BCUT2D eigenvalue weighted by molar-refractivity contribution is -0.136. The van der Waals surface area contributed by atoms with Gasteiger partial charge in [0.25, 0.3) is 0 Å². The van der Waals surface area contributed by atoms with Crippen molar-refractivity contribution in [3.05, 3.63) is 52.0 Å². The molecule has 0 saturated carbocycles. The molecule has 1 heterocycles. The summed E-state index contributed by atoms with van der Waals surface area (Å²) < 4.78 is 11.4. The molecule has 0 spiro atoms. The first-order valence-corrected chi connectivity index (χ1v) is 8.89. The van der Waals surface area contributed by atoms with Gasteiger partial charge in [-0.25, -0.2) is 4.79 Å². The summed E-state index contributed by atoms with van der Waals surface area (Å²) in [5.74, 6) is 0.377. The van der Waals surface area contributed by atoms with Crippen LogP contribution in [0.1, 0.15) is 12.8 Å². The third kappa shape index (κ3) is 4.52. The fraction of sp³-hybridized carbons (Fsp3) is 0.222. The number of hydrogen-bond acceptors (Lipinski definition) is 4. The predicted octanol–water partition coefficient (Wildman–Crippen LogP) is 4.21. The molecule has 1 aliphatic rings. The zero-order chi connectivity index (χ0) is 17.8. The molecule has 1 aliphatic heterocycles. The van der Waals surface area contributed by atoms with Crippen molar-refractivity contribution in [3.8, 4) is 11.5 Å². The minimum atomic E-state index is -0.553. The van der Waals surface area contributed by atoms with Gasteiger partial charge in [-0.1, -0.05) is 27.5 Å². The molecule has 3 rings (SSSR count). The number of carbonyl (C=O) groups excluding carboxylic acids is 2. The molecule has 0 radical (unpaired) electrons. The van der Waals surface area contributed by atoms with Gasteiger partial charge in [0.15, 0.2) is 6.61 Å². The smallest absolute Gasteiger partial charge is 0.349 e. The maximum atomic E-state index is 11.9. The second-order valence-corrected chi connectivity index (χ2v) is 6.80.